The van der Waals surface area contributed by atoms with Crippen molar-refractivity contribution in [2.75, 3.05) is 26.3 Å². The van der Waals surface area contributed by atoms with Crippen molar-refractivity contribution in [3.8, 4) is 5.19 Å². The van der Waals surface area contributed by atoms with Gasteiger partial charge < -0.3 is 9.47 Å². The topological polar surface area (TPSA) is 34.6 Å². The molecule has 0 amide bonds. The highest BCUT2D eigenvalue weighted by molar-refractivity contribution is 7.13. The van der Waals surface area contributed by atoms with Crippen molar-refractivity contribution in [2.24, 2.45) is 0 Å². The molecule has 23 heavy (non-hydrogen) atoms. The Morgan fingerprint density at radius 1 is 1.35 bits per heavy atom. The maximum atomic E-state index is 12.2. The van der Waals surface area contributed by atoms with Crippen LogP contribution < -0.4 is 4.74 Å². The molecule has 3 heterocycles. The molecule has 1 aromatic rings. The Morgan fingerprint density at radius 3 is 2.96 bits per heavy atom. The van der Waals surface area contributed by atoms with E-state index in [1.165, 1.54) is 17.8 Å². The quantitative estimate of drug-likeness (QED) is 0.815. The van der Waals surface area contributed by atoms with Crippen LogP contribution in [0.3, 0.4) is 0 Å². The van der Waals surface area contributed by atoms with Crippen LogP contribution in [0.15, 0.2) is 0 Å². The standard InChI is InChI=1S/C15H21F3N2O2S/c16-15(17,18)10-22-14-19-12-9-20(7-5-13(12)23-14)6-4-11-3-1-2-8-21-11/h11H,1-10H2/t11-/m1/s1. The van der Waals surface area contributed by atoms with E-state index in [2.05, 4.69) is 9.88 Å². The Morgan fingerprint density at radius 2 is 2.22 bits per heavy atom. The molecule has 3 rings (SSSR count). The molecule has 1 atom stereocenters. The van der Waals surface area contributed by atoms with Crippen molar-refractivity contribution in [3.63, 3.8) is 0 Å². The molecule has 130 valence electrons. The van der Waals surface area contributed by atoms with E-state index in [0.717, 1.165) is 56.0 Å². The van der Waals surface area contributed by atoms with Gasteiger partial charge in [0.15, 0.2) is 6.61 Å². The highest BCUT2D eigenvalue weighted by Crippen LogP contribution is 2.31. The summed E-state index contributed by atoms with van der Waals surface area (Å²) in [4.78, 5) is 7.57. The number of aromatic nitrogens is 1. The number of ether oxygens (including phenoxy) is 2. The van der Waals surface area contributed by atoms with Gasteiger partial charge in [0.1, 0.15) is 0 Å². The zero-order chi connectivity index (χ0) is 16.3. The van der Waals surface area contributed by atoms with Gasteiger partial charge in [-0.1, -0.05) is 11.3 Å². The molecule has 0 aliphatic carbocycles. The Labute approximate surface area is 137 Å². The predicted molar refractivity (Wildman–Crippen MR) is 80.9 cm³/mol. The summed E-state index contributed by atoms with van der Waals surface area (Å²) in [6.07, 6.45) is 1.39. The zero-order valence-corrected chi connectivity index (χ0v) is 13.7. The van der Waals surface area contributed by atoms with Crippen molar-refractivity contribution in [1.29, 1.82) is 0 Å². The number of alkyl halides is 3. The van der Waals surface area contributed by atoms with E-state index >= 15 is 0 Å². The van der Waals surface area contributed by atoms with Crippen LogP contribution in [0.4, 0.5) is 13.2 Å². The molecule has 0 N–H and O–H groups in total. The van der Waals surface area contributed by atoms with Gasteiger partial charge in [0, 0.05) is 31.1 Å². The van der Waals surface area contributed by atoms with E-state index in [1.54, 1.807) is 0 Å². The van der Waals surface area contributed by atoms with Crippen molar-refractivity contribution >= 4 is 11.3 Å². The number of hydrogen-bond donors (Lipinski definition) is 0. The second kappa shape index (κ2) is 7.36. The third kappa shape index (κ3) is 5.06. The van der Waals surface area contributed by atoms with Gasteiger partial charge in [-0.15, -0.1) is 0 Å². The SMILES string of the molecule is FC(F)(F)COc1nc2c(s1)CCN(CC[C@H]1CCCCO1)C2. The van der Waals surface area contributed by atoms with Gasteiger partial charge in [-0.25, -0.2) is 4.98 Å². The lowest BCUT2D eigenvalue weighted by molar-refractivity contribution is -0.153. The summed E-state index contributed by atoms with van der Waals surface area (Å²) in [5.74, 6) is 0. The van der Waals surface area contributed by atoms with E-state index in [9.17, 15) is 13.2 Å². The maximum Gasteiger partial charge on any atom is 0.422 e. The van der Waals surface area contributed by atoms with Gasteiger partial charge in [-0.05, 0) is 32.1 Å². The fourth-order valence-corrected chi connectivity index (χ4v) is 3.89. The van der Waals surface area contributed by atoms with E-state index in [4.69, 9.17) is 9.47 Å². The fraction of sp³-hybridized carbons (Fsp3) is 0.800. The second-order valence-electron chi connectivity index (χ2n) is 6.06. The summed E-state index contributed by atoms with van der Waals surface area (Å²) in [5.41, 5.74) is 0.864. The number of hydrogen-bond acceptors (Lipinski definition) is 5. The lowest BCUT2D eigenvalue weighted by atomic mass is 10.1. The fourth-order valence-electron chi connectivity index (χ4n) is 2.99. The predicted octanol–water partition coefficient (Wildman–Crippen LogP) is 3.40. The van der Waals surface area contributed by atoms with E-state index in [1.807, 2.05) is 0 Å². The van der Waals surface area contributed by atoms with E-state index < -0.39 is 12.8 Å². The zero-order valence-electron chi connectivity index (χ0n) is 12.9. The normalized spacial score (nSPS) is 22.8. The highest BCUT2D eigenvalue weighted by atomic mass is 32.1. The van der Waals surface area contributed by atoms with Crippen molar-refractivity contribution in [2.45, 2.75) is 50.9 Å². The summed E-state index contributed by atoms with van der Waals surface area (Å²) < 4.78 is 47.1. The molecular weight excluding hydrogens is 329 g/mol. The summed E-state index contributed by atoms with van der Waals surface area (Å²) in [6.45, 7) is 2.14. The number of halogens is 3. The number of rotatable bonds is 5. The van der Waals surface area contributed by atoms with Gasteiger partial charge >= 0.3 is 6.18 Å². The summed E-state index contributed by atoms with van der Waals surface area (Å²) >= 11 is 1.24. The lowest BCUT2D eigenvalue weighted by Crippen LogP contribution is -2.33. The monoisotopic (exact) mass is 350 g/mol. The molecule has 0 unspecified atom stereocenters. The molecule has 4 nitrogen and oxygen atoms in total. The average Bonchev–Trinajstić information content (AvgIpc) is 2.93. The molecule has 2 aliphatic rings. The van der Waals surface area contributed by atoms with E-state index in [-0.39, 0.29) is 5.19 Å². The molecule has 8 heteroatoms. The third-order valence-corrected chi connectivity index (χ3v) is 5.26. The Hall–Kier alpha value is -0.860. The minimum absolute atomic E-state index is 0.129. The molecule has 1 aromatic heterocycles. The first-order chi connectivity index (χ1) is 11.0. The molecule has 0 bridgehead atoms. The summed E-state index contributed by atoms with van der Waals surface area (Å²) in [6, 6.07) is 0. The Kier molecular flexibility index (Phi) is 5.43. The van der Waals surface area contributed by atoms with Crippen molar-refractivity contribution in [1.82, 2.24) is 9.88 Å². The van der Waals surface area contributed by atoms with Gasteiger partial charge in [-0.3, -0.25) is 4.90 Å². The molecule has 2 aliphatic heterocycles. The first-order valence-corrected chi connectivity index (χ1v) is 8.83. The lowest BCUT2D eigenvalue weighted by Gasteiger charge is -2.29. The van der Waals surface area contributed by atoms with Gasteiger partial charge in [0.25, 0.3) is 5.19 Å². The minimum atomic E-state index is -4.32. The number of nitrogens with zero attached hydrogens (tertiary/aromatic N) is 2. The first kappa shape index (κ1) is 17.0. The van der Waals surface area contributed by atoms with Crippen LogP contribution in [0.5, 0.6) is 5.19 Å². The molecule has 0 radical (unpaired) electrons. The summed E-state index contributed by atoms with van der Waals surface area (Å²) in [7, 11) is 0. The van der Waals surface area contributed by atoms with Crippen molar-refractivity contribution < 1.29 is 22.6 Å². The van der Waals surface area contributed by atoms with Gasteiger partial charge in [0.2, 0.25) is 0 Å². The maximum absolute atomic E-state index is 12.2. The minimum Gasteiger partial charge on any atom is -0.460 e. The molecule has 1 saturated heterocycles. The van der Waals surface area contributed by atoms with E-state index in [0.29, 0.717) is 12.6 Å². The molecule has 0 saturated carbocycles. The van der Waals surface area contributed by atoms with Crippen LogP contribution >= 0.6 is 11.3 Å². The second-order valence-corrected chi connectivity index (χ2v) is 7.10. The largest absolute Gasteiger partial charge is 0.460 e. The smallest absolute Gasteiger partial charge is 0.422 e. The van der Waals surface area contributed by atoms with Crippen LogP contribution in [-0.2, 0) is 17.7 Å². The Balaban J connectivity index is 1.48. The van der Waals surface area contributed by atoms with Crippen molar-refractivity contribution in [3.05, 3.63) is 10.6 Å². The van der Waals surface area contributed by atoms with Crippen LogP contribution in [0, 0.1) is 0 Å². The van der Waals surface area contributed by atoms with Crippen LogP contribution in [0.25, 0.3) is 0 Å². The molecule has 1 fully saturated rings. The van der Waals surface area contributed by atoms with Gasteiger partial charge in [-0.2, -0.15) is 13.2 Å². The van der Waals surface area contributed by atoms with Crippen LogP contribution in [0.2, 0.25) is 0 Å². The molecular formula is C15H21F3N2O2S. The summed E-state index contributed by atoms with van der Waals surface area (Å²) in [5, 5.41) is 0.129. The van der Waals surface area contributed by atoms with Gasteiger partial charge in [0.05, 0.1) is 11.8 Å². The van der Waals surface area contributed by atoms with Crippen LogP contribution in [-0.4, -0.2) is 48.5 Å². The molecule has 0 spiro atoms. The highest BCUT2D eigenvalue weighted by Gasteiger charge is 2.30. The molecule has 0 aromatic carbocycles. The third-order valence-electron chi connectivity index (χ3n) is 4.19. The number of thiazole rings is 1. The van der Waals surface area contributed by atoms with Crippen LogP contribution in [0.1, 0.15) is 36.3 Å². The number of fused-ring (bicyclic) bond motifs is 1. The first-order valence-electron chi connectivity index (χ1n) is 8.02. The average molecular weight is 350 g/mol. The Bertz CT molecular complexity index is 515.